The maximum absolute atomic E-state index is 12.4. The van der Waals surface area contributed by atoms with E-state index in [2.05, 4.69) is 16.3 Å². The van der Waals surface area contributed by atoms with Gasteiger partial charge in [-0.2, -0.15) is 0 Å². The first-order chi connectivity index (χ1) is 11.3. The Kier molecular flexibility index (Phi) is 6.06. The third-order valence-electron chi connectivity index (χ3n) is 4.85. The van der Waals surface area contributed by atoms with Gasteiger partial charge in [-0.25, -0.2) is 0 Å². The maximum Gasteiger partial charge on any atom is 0.251 e. The summed E-state index contributed by atoms with van der Waals surface area (Å²) in [5, 5.41) is 3.07. The monoisotopic (exact) mass is 316 g/mol. The van der Waals surface area contributed by atoms with Crippen LogP contribution in [0.5, 0.6) is 0 Å². The summed E-state index contributed by atoms with van der Waals surface area (Å²) in [5.74, 6) is 0.500. The van der Waals surface area contributed by atoms with Gasteiger partial charge in [-0.15, -0.1) is 0 Å². The minimum absolute atomic E-state index is 0.0380. The third-order valence-corrected chi connectivity index (χ3v) is 4.85. The Bertz CT molecular complexity index is 506. The number of likely N-dealkylation sites (tertiary alicyclic amines) is 1. The molecular formula is C19H28N2O2. The predicted octanol–water partition coefficient (Wildman–Crippen LogP) is 2.83. The molecule has 2 saturated heterocycles. The van der Waals surface area contributed by atoms with Crippen LogP contribution in [-0.2, 0) is 11.3 Å². The Balaban J connectivity index is 1.52. The van der Waals surface area contributed by atoms with Crippen molar-refractivity contribution in [3.63, 3.8) is 0 Å². The molecule has 0 saturated carbocycles. The smallest absolute Gasteiger partial charge is 0.251 e. The lowest BCUT2D eigenvalue weighted by Gasteiger charge is -2.26. The van der Waals surface area contributed by atoms with Gasteiger partial charge in [0.2, 0.25) is 0 Å². The Morgan fingerprint density at radius 3 is 2.87 bits per heavy atom. The Hall–Kier alpha value is -1.39. The highest BCUT2D eigenvalue weighted by molar-refractivity contribution is 5.94. The van der Waals surface area contributed by atoms with Crippen molar-refractivity contribution in [3.8, 4) is 0 Å². The zero-order valence-electron chi connectivity index (χ0n) is 13.9. The highest BCUT2D eigenvalue weighted by Gasteiger charge is 2.16. The maximum atomic E-state index is 12.4. The lowest BCUT2D eigenvalue weighted by molar-refractivity contribution is 0.0536. The lowest BCUT2D eigenvalue weighted by Crippen LogP contribution is -2.33. The second-order valence-electron chi connectivity index (χ2n) is 6.83. The van der Waals surface area contributed by atoms with E-state index in [0.717, 1.165) is 44.7 Å². The van der Waals surface area contributed by atoms with Crippen LogP contribution < -0.4 is 5.32 Å². The van der Waals surface area contributed by atoms with Crippen LogP contribution in [0.1, 0.15) is 48.0 Å². The summed E-state index contributed by atoms with van der Waals surface area (Å²) in [4.78, 5) is 14.9. The average molecular weight is 316 g/mol. The molecule has 1 aromatic rings. The number of hydrogen-bond acceptors (Lipinski definition) is 3. The molecule has 3 rings (SSSR count). The number of nitrogens with zero attached hydrogens (tertiary/aromatic N) is 1. The molecular weight excluding hydrogens is 288 g/mol. The number of nitrogens with one attached hydrogen (secondary N) is 1. The van der Waals surface area contributed by atoms with Crippen molar-refractivity contribution in [1.82, 2.24) is 10.2 Å². The summed E-state index contributed by atoms with van der Waals surface area (Å²) in [6, 6.07) is 8.08. The number of carbonyl (C=O) groups is 1. The molecule has 1 atom stereocenters. The van der Waals surface area contributed by atoms with Crippen LogP contribution in [0.25, 0.3) is 0 Å². The first-order valence-electron chi connectivity index (χ1n) is 8.98. The fourth-order valence-electron chi connectivity index (χ4n) is 3.49. The van der Waals surface area contributed by atoms with E-state index in [-0.39, 0.29) is 5.91 Å². The number of ether oxygens (including phenoxy) is 1. The van der Waals surface area contributed by atoms with E-state index < -0.39 is 0 Å². The van der Waals surface area contributed by atoms with E-state index in [1.165, 1.54) is 37.9 Å². The van der Waals surface area contributed by atoms with Crippen LogP contribution in [0.2, 0.25) is 0 Å². The quantitative estimate of drug-likeness (QED) is 0.908. The average Bonchev–Trinajstić information content (AvgIpc) is 2.62. The van der Waals surface area contributed by atoms with E-state index in [9.17, 15) is 4.79 Å². The molecule has 0 unspecified atom stereocenters. The van der Waals surface area contributed by atoms with E-state index in [0.29, 0.717) is 5.92 Å². The summed E-state index contributed by atoms with van der Waals surface area (Å²) in [6.45, 7) is 5.67. The van der Waals surface area contributed by atoms with Crippen LogP contribution in [0.3, 0.4) is 0 Å². The number of hydrogen-bond donors (Lipinski definition) is 1. The molecule has 0 radical (unpaired) electrons. The van der Waals surface area contributed by atoms with Crippen molar-refractivity contribution in [2.45, 2.75) is 38.6 Å². The van der Waals surface area contributed by atoms with Crippen LogP contribution in [0, 0.1) is 5.92 Å². The van der Waals surface area contributed by atoms with Gasteiger partial charge in [-0.1, -0.05) is 18.6 Å². The van der Waals surface area contributed by atoms with Crippen molar-refractivity contribution >= 4 is 5.91 Å². The topological polar surface area (TPSA) is 41.6 Å². The number of piperidine rings is 1. The highest BCUT2D eigenvalue weighted by atomic mass is 16.5. The SMILES string of the molecule is O=C(NC[C@H]1CCCOC1)c1cccc(CN2CCCCC2)c1. The number of rotatable bonds is 5. The molecule has 1 N–H and O–H groups in total. The van der Waals surface area contributed by atoms with Crippen molar-refractivity contribution in [2.75, 3.05) is 32.8 Å². The van der Waals surface area contributed by atoms with Crippen molar-refractivity contribution < 1.29 is 9.53 Å². The normalized spacial score (nSPS) is 22.7. The molecule has 0 spiro atoms. The molecule has 4 heteroatoms. The van der Waals surface area contributed by atoms with Gasteiger partial charge in [0, 0.05) is 25.3 Å². The van der Waals surface area contributed by atoms with Gasteiger partial charge < -0.3 is 10.1 Å². The molecule has 126 valence electrons. The number of benzene rings is 1. The second-order valence-corrected chi connectivity index (χ2v) is 6.83. The van der Waals surface area contributed by atoms with Crippen molar-refractivity contribution in [3.05, 3.63) is 35.4 Å². The number of carbonyl (C=O) groups excluding carboxylic acids is 1. The summed E-state index contributed by atoms with van der Waals surface area (Å²) in [5.41, 5.74) is 2.01. The second kappa shape index (κ2) is 8.46. The van der Waals surface area contributed by atoms with Crippen LogP contribution in [-0.4, -0.2) is 43.7 Å². The summed E-state index contributed by atoms with van der Waals surface area (Å²) >= 11 is 0. The van der Waals surface area contributed by atoms with E-state index >= 15 is 0 Å². The largest absolute Gasteiger partial charge is 0.381 e. The third kappa shape index (κ3) is 5.05. The Morgan fingerprint density at radius 1 is 1.22 bits per heavy atom. The van der Waals surface area contributed by atoms with Crippen molar-refractivity contribution in [1.29, 1.82) is 0 Å². The van der Waals surface area contributed by atoms with Crippen LogP contribution in [0.4, 0.5) is 0 Å². The van der Waals surface area contributed by atoms with Gasteiger partial charge in [0.05, 0.1) is 6.61 Å². The number of amides is 1. The molecule has 2 aliphatic rings. The molecule has 2 heterocycles. The Morgan fingerprint density at radius 2 is 2.09 bits per heavy atom. The minimum Gasteiger partial charge on any atom is -0.381 e. The molecule has 1 aromatic carbocycles. The van der Waals surface area contributed by atoms with Crippen LogP contribution >= 0.6 is 0 Å². The molecule has 2 aliphatic heterocycles. The zero-order valence-corrected chi connectivity index (χ0v) is 13.9. The molecule has 23 heavy (non-hydrogen) atoms. The molecule has 2 fully saturated rings. The van der Waals surface area contributed by atoms with Crippen molar-refractivity contribution in [2.24, 2.45) is 5.92 Å². The molecule has 4 nitrogen and oxygen atoms in total. The van der Waals surface area contributed by atoms with Gasteiger partial charge in [0.15, 0.2) is 0 Å². The van der Waals surface area contributed by atoms with Gasteiger partial charge >= 0.3 is 0 Å². The summed E-state index contributed by atoms with van der Waals surface area (Å²) in [6.07, 6.45) is 6.19. The molecule has 0 aromatic heterocycles. The zero-order chi connectivity index (χ0) is 15.9. The van der Waals surface area contributed by atoms with Gasteiger partial charge in [-0.3, -0.25) is 9.69 Å². The highest BCUT2D eigenvalue weighted by Crippen LogP contribution is 2.15. The first kappa shape index (κ1) is 16.5. The van der Waals surface area contributed by atoms with Gasteiger partial charge in [0.25, 0.3) is 5.91 Å². The fraction of sp³-hybridized carbons (Fsp3) is 0.632. The van der Waals surface area contributed by atoms with Gasteiger partial charge in [-0.05, 0) is 62.4 Å². The van der Waals surface area contributed by atoms with E-state index in [1.54, 1.807) is 0 Å². The summed E-state index contributed by atoms with van der Waals surface area (Å²) in [7, 11) is 0. The lowest BCUT2D eigenvalue weighted by atomic mass is 10.0. The van der Waals surface area contributed by atoms with Gasteiger partial charge in [0.1, 0.15) is 0 Å². The molecule has 0 bridgehead atoms. The van der Waals surface area contributed by atoms with E-state index in [1.807, 2.05) is 18.2 Å². The van der Waals surface area contributed by atoms with E-state index in [4.69, 9.17) is 4.74 Å². The Labute approximate surface area is 139 Å². The fourth-order valence-corrected chi connectivity index (χ4v) is 3.49. The van der Waals surface area contributed by atoms with Crippen LogP contribution in [0.15, 0.2) is 24.3 Å². The first-order valence-corrected chi connectivity index (χ1v) is 8.98. The minimum atomic E-state index is 0.0380. The molecule has 0 aliphatic carbocycles. The predicted molar refractivity (Wildman–Crippen MR) is 91.4 cm³/mol. The summed E-state index contributed by atoms with van der Waals surface area (Å²) < 4.78 is 5.47. The standard InChI is InChI=1S/C19H28N2O2/c22-19(20-13-17-7-5-11-23-15-17)18-8-4-6-16(12-18)14-21-9-2-1-3-10-21/h4,6,8,12,17H,1-3,5,7,9-11,13-15H2,(H,20,22)/t17-/m1/s1. The molecule has 1 amide bonds.